The minimum Gasteiger partial charge on any atom is -0.394 e. The highest BCUT2D eigenvalue weighted by Gasteiger charge is 2.34. The van der Waals surface area contributed by atoms with Crippen LogP contribution in [0.25, 0.3) is 0 Å². The summed E-state index contributed by atoms with van der Waals surface area (Å²) in [5.41, 5.74) is 0.821. The van der Waals surface area contributed by atoms with Gasteiger partial charge in [0.15, 0.2) is 0 Å². The number of urea groups is 1. The highest BCUT2D eigenvalue weighted by molar-refractivity contribution is 5.74. The number of unbranched alkanes of at least 4 members (excludes halogenated alkanes) is 1. The van der Waals surface area contributed by atoms with Crippen LogP contribution in [0, 0.1) is 0 Å². The number of amides is 2. The molecule has 0 saturated heterocycles. The first-order chi connectivity index (χ1) is 11.2. The summed E-state index contributed by atoms with van der Waals surface area (Å²) in [6, 6.07) is 10.1. The van der Waals surface area contributed by atoms with E-state index < -0.39 is 5.54 Å². The zero-order valence-electron chi connectivity index (χ0n) is 14.1. The smallest absolute Gasteiger partial charge is 0.315 e. The molecule has 1 aromatic rings. The number of aliphatic hydroxyl groups is 1. The molecule has 2 amide bonds. The zero-order valence-corrected chi connectivity index (χ0v) is 14.1. The number of carbonyl (C=O) groups excluding carboxylic acids is 1. The van der Waals surface area contributed by atoms with E-state index in [0.29, 0.717) is 6.54 Å². The molecule has 0 unspecified atom stereocenters. The molecule has 3 N–H and O–H groups in total. The average Bonchev–Trinajstić information content (AvgIpc) is 3.04. The molecule has 1 fully saturated rings. The molecule has 1 aliphatic rings. The molecule has 0 aliphatic heterocycles. The number of rotatable bonds is 8. The van der Waals surface area contributed by atoms with E-state index in [1.807, 2.05) is 18.2 Å². The van der Waals surface area contributed by atoms with Crippen molar-refractivity contribution in [1.29, 1.82) is 0 Å². The topological polar surface area (TPSA) is 64.6 Å². The highest BCUT2D eigenvalue weighted by atomic mass is 16.3. The summed E-state index contributed by atoms with van der Waals surface area (Å²) in [4.78, 5) is 14.2. The fourth-order valence-corrected chi connectivity index (χ4v) is 3.15. The van der Waals surface area contributed by atoms with E-state index >= 15 is 0 Å². The van der Waals surface area contributed by atoms with Gasteiger partial charge < -0.3 is 20.6 Å². The van der Waals surface area contributed by atoms with Gasteiger partial charge in [-0.1, -0.05) is 31.0 Å². The molecule has 2 rings (SSSR count). The lowest BCUT2D eigenvalue weighted by Crippen LogP contribution is -2.53. The zero-order chi connectivity index (χ0) is 16.5. The second-order valence-corrected chi connectivity index (χ2v) is 6.49. The number of hydrogen-bond donors (Lipinski definition) is 3. The van der Waals surface area contributed by atoms with Gasteiger partial charge in [-0.15, -0.1) is 0 Å². The molecule has 23 heavy (non-hydrogen) atoms. The molecular formula is C18H29N3O2. The van der Waals surface area contributed by atoms with E-state index in [1.165, 1.54) is 5.69 Å². The van der Waals surface area contributed by atoms with Crippen molar-refractivity contribution in [3.63, 3.8) is 0 Å². The SMILES string of the molecule is CN(CCCCNC(=O)NC1(CO)CCCC1)c1ccccc1. The Hall–Kier alpha value is -1.75. The molecule has 0 heterocycles. The first-order valence-corrected chi connectivity index (χ1v) is 8.58. The molecule has 128 valence electrons. The first kappa shape index (κ1) is 17.6. The van der Waals surface area contributed by atoms with Gasteiger partial charge in [0.25, 0.3) is 0 Å². The Labute approximate surface area is 139 Å². The number of anilines is 1. The van der Waals surface area contributed by atoms with Gasteiger partial charge in [-0.3, -0.25) is 0 Å². The predicted octanol–water partition coefficient (Wildman–Crippen LogP) is 2.51. The molecule has 1 saturated carbocycles. The standard InChI is InChI=1S/C18H29N3O2/c1-21(16-9-3-2-4-10-16)14-8-7-13-19-17(23)20-18(15-22)11-5-6-12-18/h2-4,9-10,22H,5-8,11-15H2,1H3,(H2,19,20,23). The second kappa shape index (κ2) is 8.77. The van der Waals surface area contributed by atoms with Crippen molar-refractivity contribution in [2.45, 2.75) is 44.1 Å². The van der Waals surface area contributed by atoms with Crippen LogP contribution in [-0.2, 0) is 0 Å². The van der Waals surface area contributed by atoms with Crippen LogP contribution >= 0.6 is 0 Å². The van der Waals surface area contributed by atoms with Crippen molar-refractivity contribution in [1.82, 2.24) is 10.6 Å². The van der Waals surface area contributed by atoms with Crippen LogP contribution < -0.4 is 15.5 Å². The molecule has 1 aromatic carbocycles. The van der Waals surface area contributed by atoms with E-state index in [1.54, 1.807) is 0 Å². The number of nitrogens with zero attached hydrogens (tertiary/aromatic N) is 1. The Morgan fingerprint density at radius 3 is 2.57 bits per heavy atom. The molecule has 0 atom stereocenters. The van der Waals surface area contributed by atoms with E-state index in [9.17, 15) is 9.90 Å². The summed E-state index contributed by atoms with van der Waals surface area (Å²) in [6.07, 6.45) is 5.87. The average molecular weight is 319 g/mol. The minimum absolute atomic E-state index is 0.0300. The van der Waals surface area contributed by atoms with E-state index in [-0.39, 0.29) is 12.6 Å². The summed E-state index contributed by atoms with van der Waals surface area (Å²) < 4.78 is 0. The largest absolute Gasteiger partial charge is 0.394 e. The Kier molecular flexibility index (Phi) is 6.71. The third-order valence-corrected chi connectivity index (χ3v) is 4.64. The maximum atomic E-state index is 11.9. The van der Waals surface area contributed by atoms with Crippen LogP contribution in [-0.4, -0.2) is 43.4 Å². The first-order valence-electron chi connectivity index (χ1n) is 8.58. The maximum absolute atomic E-state index is 11.9. The molecule has 0 spiro atoms. The van der Waals surface area contributed by atoms with Gasteiger partial charge >= 0.3 is 6.03 Å². The van der Waals surface area contributed by atoms with Crippen LogP contribution in [0.3, 0.4) is 0 Å². The molecule has 0 aromatic heterocycles. The lowest BCUT2D eigenvalue weighted by Gasteiger charge is -2.28. The number of para-hydroxylation sites is 1. The Morgan fingerprint density at radius 1 is 1.22 bits per heavy atom. The third-order valence-electron chi connectivity index (χ3n) is 4.64. The fraction of sp³-hybridized carbons (Fsp3) is 0.611. The maximum Gasteiger partial charge on any atom is 0.315 e. The van der Waals surface area contributed by atoms with Crippen molar-refractivity contribution in [2.75, 3.05) is 31.6 Å². The van der Waals surface area contributed by atoms with E-state index in [2.05, 4.69) is 34.7 Å². The molecule has 0 bridgehead atoms. The van der Waals surface area contributed by atoms with Gasteiger partial charge in [0.1, 0.15) is 0 Å². The summed E-state index contributed by atoms with van der Waals surface area (Å²) in [6.45, 7) is 1.66. The Balaban J connectivity index is 1.59. The van der Waals surface area contributed by atoms with Gasteiger partial charge in [0.2, 0.25) is 0 Å². The molecule has 0 radical (unpaired) electrons. The Morgan fingerprint density at radius 2 is 1.91 bits per heavy atom. The van der Waals surface area contributed by atoms with Crippen molar-refractivity contribution in [3.05, 3.63) is 30.3 Å². The normalized spacial score (nSPS) is 16.1. The minimum atomic E-state index is -0.391. The van der Waals surface area contributed by atoms with Crippen LogP contribution in [0.2, 0.25) is 0 Å². The van der Waals surface area contributed by atoms with Crippen LogP contribution in [0.4, 0.5) is 10.5 Å². The number of benzene rings is 1. The lowest BCUT2D eigenvalue weighted by atomic mass is 9.99. The number of carbonyl (C=O) groups is 1. The third kappa shape index (κ3) is 5.43. The highest BCUT2D eigenvalue weighted by Crippen LogP contribution is 2.28. The van der Waals surface area contributed by atoms with Crippen molar-refractivity contribution >= 4 is 11.7 Å². The number of nitrogens with one attached hydrogen (secondary N) is 2. The summed E-state index contributed by atoms with van der Waals surface area (Å²) in [7, 11) is 2.08. The van der Waals surface area contributed by atoms with Crippen molar-refractivity contribution in [3.8, 4) is 0 Å². The number of aliphatic hydroxyl groups excluding tert-OH is 1. The van der Waals surface area contributed by atoms with Gasteiger partial charge in [-0.05, 0) is 37.8 Å². The molecule has 5 heteroatoms. The molecular weight excluding hydrogens is 290 g/mol. The quantitative estimate of drug-likeness (QED) is 0.645. The van der Waals surface area contributed by atoms with Crippen molar-refractivity contribution < 1.29 is 9.90 Å². The molecule has 1 aliphatic carbocycles. The number of hydrogen-bond acceptors (Lipinski definition) is 3. The van der Waals surface area contributed by atoms with Crippen molar-refractivity contribution in [2.24, 2.45) is 0 Å². The van der Waals surface area contributed by atoms with E-state index in [0.717, 1.165) is 45.1 Å². The fourth-order valence-electron chi connectivity index (χ4n) is 3.15. The molecule has 5 nitrogen and oxygen atoms in total. The summed E-state index contributed by atoms with van der Waals surface area (Å²) in [5, 5.41) is 15.4. The summed E-state index contributed by atoms with van der Waals surface area (Å²) >= 11 is 0. The predicted molar refractivity (Wildman–Crippen MR) is 93.8 cm³/mol. The van der Waals surface area contributed by atoms with Crippen LogP contribution in [0.15, 0.2) is 30.3 Å². The van der Waals surface area contributed by atoms with Crippen LogP contribution in [0.1, 0.15) is 38.5 Å². The lowest BCUT2D eigenvalue weighted by molar-refractivity contribution is 0.163. The monoisotopic (exact) mass is 319 g/mol. The van der Waals surface area contributed by atoms with E-state index in [4.69, 9.17) is 0 Å². The van der Waals surface area contributed by atoms with Gasteiger partial charge in [0, 0.05) is 25.8 Å². The van der Waals surface area contributed by atoms with Gasteiger partial charge in [-0.2, -0.15) is 0 Å². The van der Waals surface area contributed by atoms with Crippen LogP contribution in [0.5, 0.6) is 0 Å². The van der Waals surface area contributed by atoms with Gasteiger partial charge in [-0.25, -0.2) is 4.79 Å². The van der Waals surface area contributed by atoms with Gasteiger partial charge in [0.05, 0.1) is 12.1 Å². The second-order valence-electron chi connectivity index (χ2n) is 6.49. The Bertz CT molecular complexity index is 472. The summed E-state index contributed by atoms with van der Waals surface area (Å²) in [5.74, 6) is 0.